The molecule has 0 saturated heterocycles. The Labute approximate surface area is 106 Å². The Hall–Kier alpha value is -1.66. The summed E-state index contributed by atoms with van der Waals surface area (Å²) < 4.78 is 4.61. The van der Waals surface area contributed by atoms with Crippen molar-refractivity contribution in [3.05, 3.63) is 23.8 Å². The number of aliphatic carboxylic acids is 1. The summed E-state index contributed by atoms with van der Waals surface area (Å²) in [5, 5.41) is 24.7. The number of hydrogen-bond donors (Lipinski definition) is 3. The maximum absolute atomic E-state index is 10.9. The van der Waals surface area contributed by atoms with Crippen molar-refractivity contribution >= 4 is 11.9 Å². The van der Waals surface area contributed by atoms with Crippen molar-refractivity contribution in [1.82, 2.24) is 0 Å². The number of aliphatic hydroxyl groups is 2. The third-order valence-corrected chi connectivity index (χ3v) is 1.59. The first-order valence-corrected chi connectivity index (χ1v) is 5.31. The van der Waals surface area contributed by atoms with Crippen LogP contribution >= 0.6 is 0 Å². The van der Waals surface area contributed by atoms with Crippen LogP contribution in [0.4, 0.5) is 0 Å². The minimum Gasteiger partial charge on any atom is -0.478 e. The maximum Gasteiger partial charge on any atom is 0.333 e. The molecule has 3 N–H and O–H groups in total. The minimum absolute atomic E-state index is 0.0170. The molecule has 0 rings (SSSR count). The molecular weight excluding hydrogens is 240 g/mol. The van der Waals surface area contributed by atoms with Crippen molar-refractivity contribution in [3.63, 3.8) is 0 Å². The van der Waals surface area contributed by atoms with E-state index < -0.39 is 11.9 Å². The van der Waals surface area contributed by atoms with Gasteiger partial charge in [-0.15, -0.1) is 0 Å². The molecule has 0 aromatic heterocycles. The topological polar surface area (TPSA) is 104 Å². The molecule has 0 aromatic carbocycles. The van der Waals surface area contributed by atoms with E-state index in [1.54, 1.807) is 13.0 Å². The van der Waals surface area contributed by atoms with E-state index in [0.29, 0.717) is 12.0 Å². The van der Waals surface area contributed by atoms with Crippen molar-refractivity contribution in [3.8, 4) is 0 Å². The summed E-state index contributed by atoms with van der Waals surface area (Å²) in [7, 11) is 0. The van der Waals surface area contributed by atoms with Crippen molar-refractivity contribution < 1.29 is 29.6 Å². The molecule has 0 atom stereocenters. The second-order valence-corrected chi connectivity index (χ2v) is 3.34. The van der Waals surface area contributed by atoms with Crippen LogP contribution in [0.3, 0.4) is 0 Å². The molecule has 18 heavy (non-hydrogen) atoms. The molecule has 0 aromatic rings. The first kappa shape index (κ1) is 18.7. The van der Waals surface area contributed by atoms with Crippen molar-refractivity contribution in [1.29, 1.82) is 0 Å². The van der Waals surface area contributed by atoms with Gasteiger partial charge in [-0.1, -0.05) is 12.7 Å². The fourth-order valence-corrected chi connectivity index (χ4v) is 0.617. The fourth-order valence-electron chi connectivity index (χ4n) is 0.617. The van der Waals surface area contributed by atoms with Crippen LogP contribution in [0.5, 0.6) is 0 Å². The molecule has 0 aliphatic rings. The molecule has 0 aliphatic carbocycles. The van der Waals surface area contributed by atoms with E-state index in [0.717, 1.165) is 0 Å². The van der Waals surface area contributed by atoms with E-state index in [2.05, 4.69) is 11.3 Å². The van der Waals surface area contributed by atoms with Gasteiger partial charge in [0, 0.05) is 17.8 Å². The van der Waals surface area contributed by atoms with Crippen LogP contribution in [0.25, 0.3) is 0 Å². The second kappa shape index (κ2) is 11.8. The molecule has 104 valence electrons. The smallest absolute Gasteiger partial charge is 0.333 e. The number of carbonyl (C=O) groups is 2. The lowest BCUT2D eigenvalue weighted by molar-refractivity contribution is -0.140. The van der Waals surface area contributed by atoms with Crippen molar-refractivity contribution in [2.45, 2.75) is 20.3 Å². The summed E-state index contributed by atoms with van der Waals surface area (Å²) >= 11 is 0. The zero-order valence-corrected chi connectivity index (χ0v) is 10.7. The van der Waals surface area contributed by atoms with Crippen LogP contribution in [0.1, 0.15) is 20.3 Å². The standard InChI is InChI=1S/C8H14O4.C4H6O2/c1-7(3-2-4-9)8(11)12-6-5-10;1-3(2)4(5)6/h3,9-10H,2,4-6H2,1H3;1H2,2H3,(H,5,6). The van der Waals surface area contributed by atoms with Crippen LogP contribution < -0.4 is 0 Å². The van der Waals surface area contributed by atoms with Gasteiger partial charge in [-0.05, 0) is 20.3 Å². The van der Waals surface area contributed by atoms with E-state index in [4.69, 9.17) is 15.3 Å². The Balaban J connectivity index is 0. The molecule has 0 aliphatic heterocycles. The van der Waals surface area contributed by atoms with Crippen LogP contribution in [-0.4, -0.2) is 47.1 Å². The Kier molecular flexibility index (Phi) is 12.3. The maximum atomic E-state index is 10.9. The predicted molar refractivity (Wildman–Crippen MR) is 66.0 cm³/mol. The van der Waals surface area contributed by atoms with Crippen molar-refractivity contribution in [2.24, 2.45) is 0 Å². The Morgan fingerprint density at radius 1 is 1.22 bits per heavy atom. The van der Waals surface area contributed by atoms with Crippen LogP contribution in [0, 0.1) is 0 Å². The summed E-state index contributed by atoms with van der Waals surface area (Å²) in [6.45, 7) is 6.08. The third-order valence-electron chi connectivity index (χ3n) is 1.59. The summed E-state index contributed by atoms with van der Waals surface area (Å²) in [5.74, 6) is -1.38. The van der Waals surface area contributed by atoms with Gasteiger partial charge in [0.2, 0.25) is 0 Å². The number of esters is 1. The lowest BCUT2D eigenvalue weighted by Crippen LogP contribution is -2.09. The highest BCUT2D eigenvalue weighted by Gasteiger charge is 2.03. The average molecular weight is 260 g/mol. The summed E-state index contributed by atoms with van der Waals surface area (Å²) in [6, 6.07) is 0. The summed E-state index contributed by atoms with van der Waals surface area (Å²) in [4.78, 5) is 20.5. The molecule has 0 unspecified atom stereocenters. The van der Waals surface area contributed by atoms with Gasteiger partial charge in [0.1, 0.15) is 6.61 Å². The fraction of sp³-hybridized carbons (Fsp3) is 0.500. The lowest BCUT2D eigenvalue weighted by Gasteiger charge is -2.01. The zero-order valence-electron chi connectivity index (χ0n) is 10.7. The number of carboxylic acid groups (broad SMARTS) is 1. The number of ether oxygens (including phenoxy) is 1. The van der Waals surface area contributed by atoms with Crippen LogP contribution in [-0.2, 0) is 14.3 Å². The third kappa shape index (κ3) is 12.4. The van der Waals surface area contributed by atoms with Gasteiger partial charge in [0.05, 0.1) is 6.61 Å². The Morgan fingerprint density at radius 2 is 1.72 bits per heavy atom. The molecule has 0 heterocycles. The van der Waals surface area contributed by atoms with Gasteiger partial charge in [-0.2, -0.15) is 0 Å². The first-order valence-electron chi connectivity index (χ1n) is 5.31. The van der Waals surface area contributed by atoms with Crippen LogP contribution in [0.15, 0.2) is 23.8 Å². The highest BCUT2D eigenvalue weighted by Crippen LogP contribution is 1.97. The number of hydrogen-bond acceptors (Lipinski definition) is 5. The molecule has 6 nitrogen and oxygen atoms in total. The molecule has 0 bridgehead atoms. The zero-order chi connectivity index (χ0) is 14.6. The number of rotatable bonds is 6. The molecule has 0 saturated carbocycles. The minimum atomic E-state index is -0.935. The van der Waals surface area contributed by atoms with Gasteiger partial charge in [0.25, 0.3) is 0 Å². The summed E-state index contributed by atoms with van der Waals surface area (Å²) in [5.41, 5.74) is 0.632. The lowest BCUT2D eigenvalue weighted by atomic mass is 10.2. The van der Waals surface area contributed by atoms with E-state index >= 15 is 0 Å². The van der Waals surface area contributed by atoms with E-state index in [-0.39, 0.29) is 25.4 Å². The van der Waals surface area contributed by atoms with Gasteiger partial charge in [-0.25, -0.2) is 9.59 Å². The summed E-state index contributed by atoms with van der Waals surface area (Å²) in [6.07, 6.45) is 2.04. The molecule has 0 amide bonds. The van der Waals surface area contributed by atoms with E-state index in [9.17, 15) is 9.59 Å². The van der Waals surface area contributed by atoms with E-state index in [1.165, 1.54) is 6.92 Å². The molecular formula is C12H20O6. The van der Waals surface area contributed by atoms with Gasteiger partial charge in [0.15, 0.2) is 0 Å². The molecule has 0 radical (unpaired) electrons. The Bertz CT molecular complexity index is 294. The number of carbonyl (C=O) groups excluding carboxylic acids is 1. The SMILES string of the molecule is C=C(C)C(=O)O.CC(=CCCO)C(=O)OCCO. The molecule has 0 spiro atoms. The monoisotopic (exact) mass is 260 g/mol. The van der Waals surface area contributed by atoms with Gasteiger partial charge in [-0.3, -0.25) is 0 Å². The quantitative estimate of drug-likeness (QED) is 0.474. The largest absolute Gasteiger partial charge is 0.478 e. The predicted octanol–water partition coefficient (Wildman–Crippen LogP) is 0.498. The molecule has 6 heteroatoms. The van der Waals surface area contributed by atoms with Gasteiger partial charge >= 0.3 is 11.9 Å². The highest BCUT2D eigenvalue weighted by atomic mass is 16.5. The van der Waals surface area contributed by atoms with Crippen LogP contribution in [0.2, 0.25) is 0 Å². The van der Waals surface area contributed by atoms with Gasteiger partial charge < -0.3 is 20.1 Å². The molecule has 0 fully saturated rings. The normalized spacial score (nSPS) is 10.1. The van der Waals surface area contributed by atoms with Crippen molar-refractivity contribution in [2.75, 3.05) is 19.8 Å². The van der Waals surface area contributed by atoms with E-state index in [1.807, 2.05) is 0 Å². The number of aliphatic hydroxyl groups excluding tert-OH is 2. The first-order chi connectivity index (χ1) is 8.36. The Morgan fingerprint density at radius 3 is 2.06 bits per heavy atom. The second-order valence-electron chi connectivity index (χ2n) is 3.34. The number of carboxylic acids is 1. The average Bonchev–Trinajstić information content (AvgIpc) is 2.33. The highest BCUT2D eigenvalue weighted by molar-refractivity contribution is 5.87.